The van der Waals surface area contributed by atoms with Crippen molar-refractivity contribution in [2.24, 2.45) is 5.92 Å². The zero-order chi connectivity index (χ0) is 26.0. The van der Waals surface area contributed by atoms with Gasteiger partial charge in [-0.3, -0.25) is 9.69 Å². The lowest BCUT2D eigenvalue weighted by Crippen LogP contribution is -2.40. The number of amides is 1. The molecule has 2 aliphatic heterocycles. The van der Waals surface area contributed by atoms with Crippen LogP contribution in [0, 0.1) is 12.8 Å². The summed E-state index contributed by atoms with van der Waals surface area (Å²) in [6.45, 7) is 4.73. The quantitative estimate of drug-likeness (QED) is 0.435. The van der Waals surface area contributed by atoms with E-state index in [2.05, 4.69) is 36.3 Å². The van der Waals surface area contributed by atoms with E-state index in [1.54, 1.807) is 25.1 Å². The fourth-order valence-electron chi connectivity index (χ4n) is 4.94. The largest absolute Gasteiger partial charge is 0.338 e. The molecule has 3 heterocycles. The zero-order valence-electron chi connectivity index (χ0n) is 20.7. The standard InChI is InChI=1S/C26H30BrN5O4S/c1-18-9-10-22(15-23(18)37(34,35)32-12-2-3-13-32)28-26(33)20-7-5-11-31(16-20)17-24-29-25(30-36-24)19-6-4-8-21(27)14-19/h4,6,8-10,14-15,20H,2-3,5,7,11-13,16-17H2,1H3,(H,28,33). The van der Waals surface area contributed by atoms with Crippen molar-refractivity contribution < 1.29 is 17.7 Å². The van der Waals surface area contributed by atoms with Gasteiger partial charge in [0.2, 0.25) is 27.6 Å². The Morgan fingerprint density at radius 1 is 1.14 bits per heavy atom. The first-order valence-corrected chi connectivity index (χ1v) is 14.8. The summed E-state index contributed by atoms with van der Waals surface area (Å²) in [7, 11) is -3.57. The summed E-state index contributed by atoms with van der Waals surface area (Å²) < 4.78 is 34.1. The normalized spacial score (nSPS) is 19.2. The van der Waals surface area contributed by atoms with Gasteiger partial charge in [-0.1, -0.05) is 39.3 Å². The predicted octanol–water partition coefficient (Wildman–Crippen LogP) is 4.44. The third-order valence-corrected chi connectivity index (χ3v) is 9.46. The van der Waals surface area contributed by atoms with Gasteiger partial charge in [-0.05, 0) is 69.0 Å². The number of nitrogens with one attached hydrogen (secondary N) is 1. The molecule has 2 aromatic carbocycles. The molecular formula is C26H30BrN5O4S. The van der Waals surface area contributed by atoms with Crippen molar-refractivity contribution in [2.75, 3.05) is 31.5 Å². The van der Waals surface area contributed by atoms with E-state index in [-0.39, 0.29) is 16.7 Å². The Bertz CT molecular complexity index is 1390. The number of aryl methyl sites for hydroxylation is 1. The topological polar surface area (TPSA) is 109 Å². The van der Waals surface area contributed by atoms with Crippen molar-refractivity contribution in [2.45, 2.75) is 44.0 Å². The molecule has 0 aliphatic carbocycles. The van der Waals surface area contributed by atoms with Gasteiger partial charge in [-0.2, -0.15) is 9.29 Å². The second-order valence-electron chi connectivity index (χ2n) is 9.68. The highest BCUT2D eigenvalue weighted by molar-refractivity contribution is 9.10. The van der Waals surface area contributed by atoms with Gasteiger partial charge >= 0.3 is 0 Å². The van der Waals surface area contributed by atoms with E-state index < -0.39 is 10.0 Å². The van der Waals surface area contributed by atoms with Crippen LogP contribution in [0.2, 0.25) is 0 Å². The molecule has 196 valence electrons. The van der Waals surface area contributed by atoms with Crippen LogP contribution < -0.4 is 5.32 Å². The van der Waals surface area contributed by atoms with Crippen molar-refractivity contribution in [3.8, 4) is 11.4 Å². The Morgan fingerprint density at radius 3 is 2.73 bits per heavy atom. The Labute approximate surface area is 225 Å². The van der Waals surface area contributed by atoms with Gasteiger partial charge in [0.1, 0.15) is 0 Å². The summed E-state index contributed by atoms with van der Waals surface area (Å²) in [5.74, 6) is 0.701. The van der Waals surface area contributed by atoms with E-state index in [1.165, 1.54) is 4.31 Å². The molecule has 0 spiro atoms. The molecule has 2 saturated heterocycles. The highest BCUT2D eigenvalue weighted by Crippen LogP contribution is 2.28. The Balaban J connectivity index is 1.23. The maximum Gasteiger partial charge on any atom is 0.243 e. The van der Waals surface area contributed by atoms with Crippen LogP contribution in [0.15, 0.2) is 56.4 Å². The van der Waals surface area contributed by atoms with E-state index in [1.807, 2.05) is 24.3 Å². The molecule has 0 saturated carbocycles. The first kappa shape index (κ1) is 26.0. The molecule has 1 atom stereocenters. The molecule has 1 N–H and O–H groups in total. The third-order valence-electron chi connectivity index (χ3n) is 6.92. The SMILES string of the molecule is Cc1ccc(NC(=O)C2CCCN(Cc3nc(-c4cccc(Br)c4)no3)C2)cc1S(=O)(=O)N1CCCC1. The maximum absolute atomic E-state index is 13.1. The zero-order valence-corrected chi connectivity index (χ0v) is 23.1. The lowest BCUT2D eigenvalue weighted by molar-refractivity contribution is -0.121. The van der Waals surface area contributed by atoms with Crippen LogP contribution in [-0.2, 0) is 21.4 Å². The number of benzene rings is 2. The molecule has 3 aromatic rings. The number of carbonyl (C=O) groups is 1. The summed E-state index contributed by atoms with van der Waals surface area (Å²) in [6.07, 6.45) is 3.39. The molecule has 9 nitrogen and oxygen atoms in total. The third kappa shape index (κ3) is 5.95. The number of anilines is 1. The van der Waals surface area contributed by atoms with E-state index >= 15 is 0 Å². The van der Waals surface area contributed by atoms with Crippen LogP contribution in [-0.4, -0.2) is 59.8 Å². The summed E-state index contributed by atoms with van der Waals surface area (Å²) in [6, 6.07) is 12.8. The Morgan fingerprint density at radius 2 is 1.95 bits per heavy atom. The number of rotatable bonds is 7. The van der Waals surface area contributed by atoms with E-state index in [0.717, 1.165) is 42.3 Å². The molecule has 37 heavy (non-hydrogen) atoms. The number of halogens is 1. The highest BCUT2D eigenvalue weighted by atomic mass is 79.9. The van der Waals surface area contributed by atoms with E-state index in [9.17, 15) is 13.2 Å². The predicted molar refractivity (Wildman–Crippen MR) is 143 cm³/mol. The van der Waals surface area contributed by atoms with Crippen LogP contribution in [0.3, 0.4) is 0 Å². The molecule has 2 aliphatic rings. The summed E-state index contributed by atoms with van der Waals surface area (Å²) in [5.41, 5.74) is 2.04. The second kappa shape index (κ2) is 11.0. The van der Waals surface area contributed by atoms with Gasteiger partial charge in [0.25, 0.3) is 0 Å². The summed E-state index contributed by atoms with van der Waals surface area (Å²) in [4.78, 5) is 20.1. The fraction of sp³-hybridized carbons (Fsp3) is 0.423. The molecule has 1 aromatic heterocycles. The Kier molecular flexibility index (Phi) is 7.75. The van der Waals surface area contributed by atoms with Crippen LogP contribution in [0.25, 0.3) is 11.4 Å². The lowest BCUT2D eigenvalue weighted by atomic mass is 9.97. The Hall–Kier alpha value is -2.60. The second-order valence-corrected chi connectivity index (χ2v) is 12.5. The van der Waals surface area contributed by atoms with Crippen LogP contribution in [0.4, 0.5) is 5.69 Å². The minimum atomic E-state index is -3.57. The smallest absolute Gasteiger partial charge is 0.243 e. The summed E-state index contributed by atoms with van der Waals surface area (Å²) in [5, 5.41) is 7.05. The van der Waals surface area contributed by atoms with Crippen molar-refractivity contribution in [1.82, 2.24) is 19.3 Å². The van der Waals surface area contributed by atoms with E-state index in [0.29, 0.717) is 49.1 Å². The van der Waals surface area contributed by atoms with Crippen LogP contribution in [0.1, 0.15) is 37.1 Å². The first-order chi connectivity index (χ1) is 17.8. The molecular weight excluding hydrogens is 558 g/mol. The number of nitrogens with zero attached hydrogens (tertiary/aromatic N) is 4. The lowest BCUT2D eigenvalue weighted by Gasteiger charge is -2.30. The molecule has 0 radical (unpaired) electrons. The number of likely N-dealkylation sites (tertiary alicyclic amines) is 1. The van der Waals surface area contributed by atoms with Crippen LogP contribution in [0.5, 0.6) is 0 Å². The van der Waals surface area contributed by atoms with Crippen molar-refractivity contribution in [3.63, 3.8) is 0 Å². The van der Waals surface area contributed by atoms with Crippen molar-refractivity contribution in [3.05, 3.63) is 58.4 Å². The highest BCUT2D eigenvalue weighted by Gasteiger charge is 2.30. The number of aromatic nitrogens is 2. The average molecular weight is 589 g/mol. The van der Waals surface area contributed by atoms with Crippen molar-refractivity contribution in [1.29, 1.82) is 0 Å². The minimum absolute atomic E-state index is 0.113. The maximum atomic E-state index is 13.1. The van der Waals surface area contributed by atoms with Gasteiger partial charge in [0.05, 0.1) is 17.4 Å². The number of hydrogen-bond donors (Lipinski definition) is 1. The average Bonchev–Trinajstić information content (AvgIpc) is 3.58. The van der Waals surface area contributed by atoms with Crippen LogP contribution >= 0.6 is 15.9 Å². The number of hydrogen-bond acceptors (Lipinski definition) is 7. The van der Waals surface area contributed by atoms with E-state index in [4.69, 9.17) is 4.52 Å². The molecule has 1 unspecified atom stereocenters. The number of piperidine rings is 1. The molecule has 1 amide bonds. The van der Waals surface area contributed by atoms with Crippen molar-refractivity contribution >= 4 is 37.5 Å². The molecule has 2 fully saturated rings. The molecule has 11 heteroatoms. The molecule has 5 rings (SSSR count). The van der Waals surface area contributed by atoms with Gasteiger partial charge < -0.3 is 9.84 Å². The summed E-state index contributed by atoms with van der Waals surface area (Å²) >= 11 is 3.46. The number of sulfonamides is 1. The van der Waals surface area contributed by atoms with Gasteiger partial charge in [-0.15, -0.1) is 0 Å². The monoisotopic (exact) mass is 587 g/mol. The van der Waals surface area contributed by atoms with Gasteiger partial charge in [0.15, 0.2) is 0 Å². The number of carbonyl (C=O) groups excluding carboxylic acids is 1. The first-order valence-electron chi connectivity index (χ1n) is 12.5. The van der Waals surface area contributed by atoms with Gasteiger partial charge in [0, 0.05) is 35.4 Å². The minimum Gasteiger partial charge on any atom is -0.338 e. The fourth-order valence-corrected chi connectivity index (χ4v) is 7.10. The van der Waals surface area contributed by atoms with Gasteiger partial charge in [-0.25, -0.2) is 8.42 Å². The molecule has 0 bridgehead atoms.